The highest BCUT2D eigenvalue weighted by atomic mass is 16.2. The van der Waals surface area contributed by atoms with Gasteiger partial charge in [-0.1, -0.05) is 18.2 Å². The van der Waals surface area contributed by atoms with Crippen LogP contribution in [0.15, 0.2) is 42.9 Å². The Morgan fingerprint density at radius 3 is 2.91 bits per heavy atom. The molecule has 23 heavy (non-hydrogen) atoms. The summed E-state index contributed by atoms with van der Waals surface area (Å²) in [4.78, 5) is 20.2. The first-order chi connectivity index (χ1) is 11.2. The third-order valence-electron chi connectivity index (χ3n) is 3.70. The van der Waals surface area contributed by atoms with E-state index < -0.39 is 0 Å². The fourth-order valence-electron chi connectivity index (χ4n) is 2.52. The van der Waals surface area contributed by atoms with Crippen LogP contribution in [0.1, 0.15) is 18.3 Å². The van der Waals surface area contributed by atoms with Crippen molar-refractivity contribution in [1.29, 1.82) is 0 Å². The molecule has 118 valence electrons. The second-order valence-corrected chi connectivity index (χ2v) is 5.29. The molecule has 0 aliphatic carbocycles. The summed E-state index contributed by atoms with van der Waals surface area (Å²) < 4.78 is 2.09. The quantitative estimate of drug-likeness (QED) is 0.778. The number of nitrogens with zero attached hydrogens (tertiary/aromatic N) is 3. The molecule has 0 saturated carbocycles. The third kappa shape index (κ3) is 3.31. The number of urea groups is 1. The molecule has 1 aromatic carbocycles. The lowest BCUT2D eigenvalue weighted by molar-refractivity contribution is 0.252. The van der Waals surface area contributed by atoms with Gasteiger partial charge in [0.05, 0.1) is 0 Å². The zero-order chi connectivity index (χ0) is 16.2. The number of rotatable bonds is 4. The highest BCUT2D eigenvalue weighted by Crippen LogP contribution is 2.21. The summed E-state index contributed by atoms with van der Waals surface area (Å²) in [5.74, 6) is 1.52. The average molecular weight is 309 g/mol. The fourth-order valence-corrected chi connectivity index (χ4v) is 2.52. The van der Waals surface area contributed by atoms with Crippen LogP contribution in [0.2, 0.25) is 0 Å². The van der Waals surface area contributed by atoms with E-state index in [1.54, 1.807) is 12.4 Å². The van der Waals surface area contributed by atoms with Gasteiger partial charge in [-0.2, -0.15) is 0 Å². The Kier molecular flexibility index (Phi) is 4.23. The molecule has 0 atom stereocenters. The summed E-state index contributed by atoms with van der Waals surface area (Å²) in [6, 6.07) is 7.75. The van der Waals surface area contributed by atoms with Gasteiger partial charge in [0.2, 0.25) is 0 Å². The van der Waals surface area contributed by atoms with Gasteiger partial charge in [0.15, 0.2) is 0 Å². The molecule has 0 spiro atoms. The molecule has 0 fully saturated rings. The molecule has 0 unspecified atom stereocenters. The largest absolute Gasteiger partial charge is 0.338 e. The number of anilines is 1. The lowest BCUT2D eigenvalue weighted by Crippen LogP contribution is -2.28. The Morgan fingerprint density at radius 1 is 1.30 bits per heavy atom. The summed E-state index contributed by atoms with van der Waals surface area (Å²) in [5.41, 5.74) is 1.17. The molecule has 6 heteroatoms. The van der Waals surface area contributed by atoms with E-state index in [9.17, 15) is 4.79 Å². The van der Waals surface area contributed by atoms with E-state index >= 15 is 0 Å². The Balaban J connectivity index is 1.90. The van der Waals surface area contributed by atoms with E-state index in [1.165, 1.54) is 5.56 Å². The molecule has 2 heterocycles. The molecule has 2 N–H and O–H groups in total. The second-order valence-electron chi connectivity index (χ2n) is 5.29. The normalized spacial score (nSPS) is 10.7. The van der Waals surface area contributed by atoms with Crippen LogP contribution in [0.3, 0.4) is 0 Å². The number of carbonyl (C=O) groups excluding carboxylic acids is 1. The first kappa shape index (κ1) is 15.0. The van der Waals surface area contributed by atoms with Crippen molar-refractivity contribution in [3.8, 4) is 0 Å². The van der Waals surface area contributed by atoms with Crippen LogP contribution in [0.5, 0.6) is 0 Å². The highest BCUT2D eigenvalue weighted by molar-refractivity contribution is 5.92. The van der Waals surface area contributed by atoms with Gasteiger partial charge in [-0.3, -0.25) is 5.32 Å². The number of hydrogen-bond donors (Lipinski definition) is 2. The van der Waals surface area contributed by atoms with Crippen LogP contribution < -0.4 is 10.6 Å². The molecule has 0 bridgehead atoms. The fraction of sp³-hybridized carbons (Fsp3) is 0.235. The minimum absolute atomic E-state index is 0.246. The Bertz CT molecular complexity index is 840. The molecule has 0 saturated heterocycles. The van der Waals surface area contributed by atoms with Gasteiger partial charge in [0.1, 0.15) is 11.6 Å². The highest BCUT2D eigenvalue weighted by Gasteiger charge is 2.07. The molecular formula is C17H19N5O. The minimum Gasteiger partial charge on any atom is -0.338 e. The van der Waals surface area contributed by atoms with Crippen molar-refractivity contribution in [2.75, 3.05) is 11.9 Å². The minimum atomic E-state index is -0.246. The Labute approximate surface area is 134 Å². The predicted molar refractivity (Wildman–Crippen MR) is 90.5 cm³/mol. The van der Waals surface area contributed by atoms with Crippen LogP contribution in [0.4, 0.5) is 10.6 Å². The van der Waals surface area contributed by atoms with Crippen molar-refractivity contribution in [2.24, 2.45) is 0 Å². The maximum absolute atomic E-state index is 11.6. The van der Waals surface area contributed by atoms with Crippen molar-refractivity contribution < 1.29 is 4.79 Å². The molecule has 3 aromatic rings. The smallest absolute Gasteiger partial charge is 0.320 e. The van der Waals surface area contributed by atoms with Gasteiger partial charge < -0.3 is 9.88 Å². The Hall–Kier alpha value is -2.89. The lowest BCUT2D eigenvalue weighted by atomic mass is 10.1. The first-order valence-corrected chi connectivity index (χ1v) is 7.57. The molecule has 2 aromatic heterocycles. The number of pyridine rings is 1. The van der Waals surface area contributed by atoms with Crippen molar-refractivity contribution in [1.82, 2.24) is 19.9 Å². The summed E-state index contributed by atoms with van der Waals surface area (Å²) in [6.45, 7) is 5.18. The van der Waals surface area contributed by atoms with Gasteiger partial charge in [-0.15, -0.1) is 0 Å². The van der Waals surface area contributed by atoms with Crippen LogP contribution in [0.25, 0.3) is 10.8 Å². The Morgan fingerprint density at radius 2 is 2.17 bits per heavy atom. The number of aryl methyl sites for hydroxylation is 1. The van der Waals surface area contributed by atoms with E-state index in [2.05, 4.69) is 31.2 Å². The maximum atomic E-state index is 11.6. The zero-order valence-electron chi connectivity index (χ0n) is 13.2. The number of amides is 2. The van der Waals surface area contributed by atoms with E-state index in [4.69, 9.17) is 0 Å². The summed E-state index contributed by atoms with van der Waals surface area (Å²) in [6.07, 6.45) is 5.57. The molecule has 0 aliphatic heterocycles. The summed E-state index contributed by atoms with van der Waals surface area (Å²) in [5, 5.41) is 7.54. The van der Waals surface area contributed by atoms with E-state index in [1.807, 2.05) is 38.2 Å². The number of nitrogens with one attached hydrogen (secondary N) is 2. The number of carbonyl (C=O) groups is 1. The van der Waals surface area contributed by atoms with E-state index in [-0.39, 0.29) is 6.03 Å². The van der Waals surface area contributed by atoms with Crippen LogP contribution >= 0.6 is 0 Å². The SMILES string of the molecule is CCNC(=O)Nc1cc2cccc(Cn3ccnc3C)c2cn1. The standard InChI is InChI=1S/C17H19N5O/c1-3-18-17(23)21-16-9-13-5-4-6-14(15(13)10-20-16)11-22-8-7-19-12(22)2/h4-10H,3,11H2,1-2H3,(H2,18,20,21,23). The lowest BCUT2D eigenvalue weighted by Gasteiger charge is -2.10. The molecule has 2 amide bonds. The maximum Gasteiger partial charge on any atom is 0.320 e. The zero-order valence-corrected chi connectivity index (χ0v) is 13.2. The van der Waals surface area contributed by atoms with Crippen LogP contribution in [-0.2, 0) is 6.54 Å². The predicted octanol–water partition coefficient (Wildman–Crippen LogP) is 2.93. The topological polar surface area (TPSA) is 71.8 Å². The van der Waals surface area contributed by atoms with Crippen LogP contribution in [0, 0.1) is 6.92 Å². The van der Waals surface area contributed by atoms with Gasteiger partial charge >= 0.3 is 6.03 Å². The van der Waals surface area contributed by atoms with Crippen LogP contribution in [-0.4, -0.2) is 27.1 Å². The van der Waals surface area contributed by atoms with Crippen molar-refractivity contribution >= 4 is 22.6 Å². The van der Waals surface area contributed by atoms with Gasteiger partial charge in [0, 0.05) is 37.1 Å². The molecule has 0 aliphatic rings. The third-order valence-corrected chi connectivity index (χ3v) is 3.70. The van der Waals surface area contributed by atoms with E-state index in [0.29, 0.717) is 12.4 Å². The average Bonchev–Trinajstić information content (AvgIpc) is 2.93. The van der Waals surface area contributed by atoms with Crippen molar-refractivity contribution in [3.63, 3.8) is 0 Å². The molecule has 0 radical (unpaired) electrons. The summed E-state index contributed by atoms with van der Waals surface area (Å²) >= 11 is 0. The van der Waals surface area contributed by atoms with Crippen molar-refractivity contribution in [3.05, 3.63) is 54.2 Å². The van der Waals surface area contributed by atoms with Gasteiger partial charge in [0.25, 0.3) is 0 Å². The monoisotopic (exact) mass is 309 g/mol. The number of hydrogen-bond acceptors (Lipinski definition) is 3. The summed E-state index contributed by atoms with van der Waals surface area (Å²) in [7, 11) is 0. The number of fused-ring (bicyclic) bond motifs is 1. The van der Waals surface area contributed by atoms with E-state index in [0.717, 1.165) is 23.1 Å². The number of aromatic nitrogens is 3. The second kappa shape index (κ2) is 6.48. The number of benzene rings is 1. The molecular weight excluding hydrogens is 290 g/mol. The van der Waals surface area contributed by atoms with Gasteiger partial charge in [-0.25, -0.2) is 14.8 Å². The van der Waals surface area contributed by atoms with Gasteiger partial charge in [-0.05, 0) is 30.9 Å². The first-order valence-electron chi connectivity index (χ1n) is 7.57. The van der Waals surface area contributed by atoms with Crippen molar-refractivity contribution in [2.45, 2.75) is 20.4 Å². The number of imidazole rings is 1. The molecule has 6 nitrogen and oxygen atoms in total. The molecule has 3 rings (SSSR count).